The van der Waals surface area contributed by atoms with Crippen LogP contribution in [0.25, 0.3) is 0 Å². The molecule has 0 unspecified atom stereocenters. The summed E-state index contributed by atoms with van der Waals surface area (Å²) in [5.41, 5.74) is 2.10. The molecule has 0 aliphatic carbocycles. The Morgan fingerprint density at radius 2 is 1.81 bits per heavy atom. The van der Waals surface area contributed by atoms with Gasteiger partial charge in [0.2, 0.25) is 0 Å². The van der Waals surface area contributed by atoms with Gasteiger partial charge in [0.15, 0.2) is 5.78 Å². The second-order valence-corrected chi connectivity index (χ2v) is 7.72. The van der Waals surface area contributed by atoms with Crippen LogP contribution in [0.2, 0.25) is 0 Å². The van der Waals surface area contributed by atoms with Crippen molar-refractivity contribution in [1.82, 2.24) is 4.90 Å². The highest BCUT2D eigenvalue weighted by Crippen LogP contribution is 2.48. The Morgan fingerprint density at radius 3 is 2.56 bits per heavy atom. The number of carbonyl (C=O) groups excluding carboxylic acids is 2. The molecule has 0 spiro atoms. The predicted molar refractivity (Wildman–Crippen MR) is 108 cm³/mol. The second-order valence-electron chi connectivity index (χ2n) is 6.64. The first-order valence-corrected chi connectivity index (χ1v) is 9.88. The fourth-order valence-corrected chi connectivity index (χ4v) is 3.97. The van der Waals surface area contributed by atoms with E-state index in [1.807, 2.05) is 57.4 Å². The van der Waals surface area contributed by atoms with E-state index in [1.165, 1.54) is 0 Å². The van der Waals surface area contributed by atoms with Crippen LogP contribution in [-0.2, 0) is 4.74 Å². The molecule has 2 aromatic carbocycles. The van der Waals surface area contributed by atoms with Crippen molar-refractivity contribution < 1.29 is 14.3 Å². The average molecular weight is 385 g/mol. The number of nitrogens with zero attached hydrogens (tertiary/aromatic N) is 2. The van der Waals surface area contributed by atoms with Gasteiger partial charge >= 0.3 is 6.09 Å². The summed E-state index contributed by atoms with van der Waals surface area (Å²) < 4.78 is 5.54. The number of para-hydroxylation sites is 1. The van der Waals surface area contributed by atoms with Crippen molar-refractivity contribution in [1.29, 1.82) is 0 Å². The van der Waals surface area contributed by atoms with E-state index in [0.717, 1.165) is 28.4 Å². The molecule has 0 atom stereocenters. The Labute approximate surface area is 164 Å². The van der Waals surface area contributed by atoms with E-state index in [9.17, 15) is 9.59 Å². The van der Waals surface area contributed by atoms with E-state index in [-0.39, 0.29) is 5.78 Å². The number of anilines is 2. The Morgan fingerprint density at radius 1 is 1.07 bits per heavy atom. The molecule has 1 aliphatic heterocycles. The lowest BCUT2D eigenvalue weighted by Crippen LogP contribution is -2.30. The van der Waals surface area contributed by atoms with Crippen molar-refractivity contribution in [2.75, 3.05) is 32.1 Å². The Balaban J connectivity index is 1.91. The first-order valence-electron chi connectivity index (χ1n) is 9.07. The average Bonchev–Trinajstić information content (AvgIpc) is 2.68. The molecule has 1 amide bonds. The molecule has 2 aromatic rings. The lowest BCUT2D eigenvalue weighted by Gasteiger charge is -2.30. The smallest absolute Gasteiger partial charge is 0.419 e. The predicted octanol–water partition coefficient (Wildman–Crippen LogP) is 4.97. The number of ether oxygens (including phenoxy) is 1. The molecule has 0 bridgehead atoms. The molecule has 0 radical (unpaired) electrons. The number of benzene rings is 2. The first kappa shape index (κ1) is 19.5. The summed E-state index contributed by atoms with van der Waals surface area (Å²) in [6, 6.07) is 13.3. The number of Topliss-reactive ketones (excluding diaryl/α,β-unsaturated/α-hetero) is 1. The quantitative estimate of drug-likeness (QED) is 0.520. The maximum absolute atomic E-state index is 12.9. The van der Waals surface area contributed by atoms with Gasteiger partial charge in [-0.05, 0) is 44.8 Å². The van der Waals surface area contributed by atoms with Crippen LogP contribution in [0.1, 0.15) is 30.1 Å². The highest BCUT2D eigenvalue weighted by atomic mass is 32.2. The minimum atomic E-state index is -0.413. The molecule has 0 N–H and O–H groups in total. The van der Waals surface area contributed by atoms with Crippen molar-refractivity contribution >= 4 is 35.0 Å². The summed E-state index contributed by atoms with van der Waals surface area (Å²) in [5.74, 6) is 0.0564. The van der Waals surface area contributed by atoms with Gasteiger partial charge in [-0.2, -0.15) is 0 Å². The van der Waals surface area contributed by atoms with E-state index in [1.54, 1.807) is 22.7 Å². The zero-order valence-electron chi connectivity index (χ0n) is 15.9. The van der Waals surface area contributed by atoms with E-state index >= 15 is 0 Å². The molecule has 0 fully saturated rings. The van der Waals surface area contributed by atoms with Crippen LogP contribution in [-0.4, -0.2) is 44.0 Å². The minimum Gasteiger partial charge on any atom is -0.449 e. The summed E-state index contributed by atoms with van der Waals surface area (Å²) in [5, 5.41) is 0. The fraction of sp³-hybridized carbons (Fsp3) is 0.333. The molecule has 0 aromatic heterocycles. The van der Waals surface area contributed by atoms with Crippen molar-refractivity contribution in [2.45, 2.75) is 29.6 Å². The summed E-state index contributed by atoms with van der Waals surface area (Å²) in [6.45, 7) is 3.04. The van der Waals surface area contributed by atoms with Crippen molar-refractivity contribution in [3.63, 3.8) is 0 Å². The number of ketones is 1. The Hall–Kier alpha value is -2.31. The van der Waals surface area contributed by atoms with Gasteiger partial charge in [-0.1, -0.05) is 36.9 Å². The highest BCUT2D eigenvalue weighted by Gasteiger charge is 2.30. The standard InChI is InChI=1S/C21H24N2O3S/c1-4-18(24)15-10-11-20-17(14-15)23(16-8-5-6-9-19(16)27-20)21(25)26-13-7-12-22(2)3/h5-6,8-11,14H,4,7,12-13H2,1-3H3. The van der Waals surface area contributed by atoms with Crippen LogP contribution in [0.3, 0.4) is 0 Å². The van der Waals surface area contributed by atoms with Gasteiger partial charge in [-0.3, -0.25) is 4.79 Å². The summed E-state index contributed by atoms with van der Waals surface area (Å²) in [7, 11) is 3.98. The first-order chi connectivity index (χ1) is 13.0. The number of hydrogen-bond donors (Lipinski definition) is 0. The maximum atomic E-state index is 12.9. The molecule has 27 heavy (non-hydrogen) atoms. The number of fused-ring (bicyclic) bond motifs is 2. The van der Waals surface area contributed by atoms with Gasteiger partial charge in [0.05, 0.1) is 18.0 Å². The van der Waals surface area contributed by atoms with Crippen LogP contribution in [0, 0.1) is 0 Å². The Bertz CT molecular complexity index is 851. The molecule has 142 valence electrons. The third-order valence-electron chi connectivity index (χ3n) is 4.33. The number of carbonyl (C=O) groups is 2. The van der Waals surface area contributed by atoms with Crippen molar-refractivity contribution in [2.24, 2.45) is 0 Å². The molecule has 0 saturated heterocycles. The highest BCUT2D eigenvalue weighted by molar-refractivity contribution is 7.99. The SMILES string of the molecule is CCC(=O)c1ccc2c(c1)N(C(=O)OCCCN(C)C)c1ccccc1S2. The maximum Gasteiger partial charge on any atom is 0.419 e. The molecule has 5 nitrogen and oxygen atoms in total. The second kappa shape index (κ2) is 8.59. The zero-order chi connectivity index (χ0) is 19.4. The third kappa shape index (κ3) is 4.34. The van der Waals surface area contributed by atoms with Crippen molar-refractivity contribution in [3.8, 4) is 0 Å². The van der Waals surface area contributed by atoms with Gasteiger partial charge in [0.1, 0.15) is 0 Å². The number of rotatable bonds is 6. The van der Waals surface area contributed by atoms with Gasteiger partial charge in [-0.15, -0.1) is 0 Å². The molecule has 6 heteroatoms. The van der Waals surface area contributed by atoms with Crippen LogP contribution in [0.4, 0.5) is 16.2 Å². The lowest BCUT2D eigenvalue weighted by molar-refractivity contribution is 0.0988. The van der Waals surface area contributed by atoms with Crippen LogP contribution >= 0.6 is 11.8 Å². The third-order valence-corrected chi connectivity index (χ3v) is 5.46. The van der Waals surface area contributed by atoms with Gasteiger partial charge in [-0.25, -0.2) is 9.69 Å². The molecule has 0 saturated carbocycles. The van der Waals surface area contributed by atoms with Gasteiger partial charge in [0.25, 0.3) is 0 Å². The van der Waals surface area contributed by atoms with E-state index in [2.05, 4.69) is 4.90 Å². The van der Waals surface area contributed by atoms with E-state index in [0.29, 0.717) is 24.3 Å². The number of hydrogen-bond acceptors (Lipinski definition) is 5. The largest absolute Gasteiger partial charge is 0.449 e. The Kier molecular flexibility index (Phi) is 6.19. The van der Waals surface area contributed by atoms with Crippen molar-refractivity contribution in [3.05, 3.63) is 48.0 Å². The monoisotopic (exact) mass is 384 g/mol. The zero-order valence-corrected chi connectivity index (χ0v) is 16.7. The molecule has 1 heterocycles. The molecule has 1 aliphatic rings. The number of amides is 1. The molecule has 3 rings (SSSR count). The molecular formula is C21H24N2O3S. The summed E-state index contributed by atoms with van der Waals surface area (Å²) in [4.78, 5) is 30.6. The van der Waals surface area contributed by atoms with Crippen LogP contribution in [0.15, 0.2) is 52.3 Å². The fourth-order valence-electron chi connectivity index (χ4n) is 2.93. The minimum absolute atomic E-state index is 0.0564. The lowest BCUT2D eigenvalue weighted by atomic mass is 10.1. The van der Waals surface area contributed by atoms with Gasteiger partial charge < -0.3 is 9.64 Å². The van der Waals surface area contributed by atoms with Gasteiger partial charge in [0, 0.05) is 28.3 Å². The van der Waals surface area contributed by atoms with E-state index < -0.39 is 6.09 Å². The topological polar surface area (TPSA) is 49.9 Å². The summed E-state index contributed by atoms with van der Waals surface area (Å²) >= 11 is 1.60. The summed E-state index contributed by atoms with van der Waals surface area (Å²) in [6.07, 6.45) is 0.783. The van der Waals surface area contributed by atoms with Crippen LogP contribution in [0.5, 0.6) is 0 Å². The van der Waals surface area contributed by atoms with Crippen LogP contribution < -0.4 is 4.90 Å². The normalized spacial score (nSPS) is 12.5. The van der Waals surface area contributed by atoms with E-state index in [4.69, 9.17) is 4.74 Å². The molecular weight excluding hydrogens is 360 g/mol.